The van der Waals surface area contributed by atoms with E-state index in [2.05, 4.69) is 21.1 Å². The van der Waals surface area contributed by atoms with Crippen molar-refractivity contribution >= 4 is 23.0 Å². The summed E-state index contributed by atoms with van der Waals surface area (Å²) in [6, 6.07) is 12.1. The Kier molecular flexibility index (Phi) is 6.90. The van der Waals surface area contributed by atoms with Crippen molar-refractivity contribution in [1.29, 1.82) is 0 Å². The molecule has 1 unspecified atom stereocenters. The van der Waals surface area contributed by atoms with Gasteiger partial charge in [-0.25, -0.2) is 4.68 Å². The third-order valence-corrected chi connectivity index (χ3v) is 7.10. The number of carbonyl (C=O) groups excluding carboxylic acids is 1. The maximum absolute atomic E-state index is 13.0. The fourth-order valence-electron chi connectivity index (χ4n) is 4.85. The van der Waals surface area contributed by atoms with Crippen LogP contribution in [0.5, 0.6) is 0 Å². The first kappa shape index (κ1) is 23.0. The Bertz CT molecular complexity index is 1180. The predicted molar refractivity (Wildman–Crippen MR) is 134 cm³/mol. The molecule has 3 heterocycles. The second-order valence-corrected chi connectivity index (χ2v) is 9.43. The maximum atomic E-state index is 13.0. The number of hydrogen-bond acceptors (Lipinski definition) is 5. The van der Waals surface area contributed by atoms with Crippen LogP contribution in [-0.2, 0) is 11.2 Å². The molecule has 6 nitrogen and oxygen atoms in total. The topological polar surface area (TPSA) is 60.3 Å². The summed E-state index contributed by atoms with van der Waals surface area (Å²) in [5.74, 6) is 0.0394. The van der Waals surface area contributed by atoms with Crippen LogP contribution in [0.3, 0.4) is 0 Å². The first-order valence-corrected chi connectivity index (χ1v) is 12.3. The van der Waals surface area contributed by atoms with Gasteiger partial charge in [-0.1, -0.05) is 23.7 Å². The summed E-state index contributed by atoms with van der Waals surface area (Å²) >= 11 is 5.98. The Morgan fingerprint density at radius 2 is 1.91 bits per heavy atom. The lowest BCUT2D eigenvalue weighted by molar-refractivity contribution is 0.0150. The summed E-state index contributed by atoms with van der Waals surface area (Å²) < 4.78 is 7.25. The molecule has 0 spiro atoms. The number of halogens is 1. The smallest absolute Gasteiger partial charge is 0.170 e. The van der Waals surface area contributed by atoms with E-state index in [4.69, 9.17) is 16.3 Å². The number of nitrogens with zero attached hydrogens (tertiary/aromatic N) is 4. The zero-order valence-electron chi connectivity index (χ0n) is 19.4. The van der Waals surface area contributed by atoms with E-state index >= 15 is 0 Å². The fourth-order valence-corrected chi connectivity index (χ4v) is 4.98. The average Bonchev–Trinajstić information content (AvgIpc) is 3.27. The minimum atomic E-state index is 0.0394. The molecule has 5 rings (SSSR count). The van der Waals surface area contributed by atoms with Crippen LogP contribution in [0.2, 0.25) is 5.02 Å². The van der Waals surface area contributed by atoms with Gasteiger partial charge in [0.05, 0.1) is 42.0 Å². The number of rotatable bonds is 6. The Morgan fingerprint density at radius 3 is 2.59 bits per heavy atom. The van der Waals surface area contributed by atoms with E-state index in [1.165, 1.54) is 5.57 Å². The first-order chi connectivity index (χ1) is 16.6. The summed E-state index contributed by atoms with van der Waals surface area (Å²) in [5.41, 5.74) is 5.56. The second kappa shape index (κ2) is 10.2. The van der Waals surface area contributed by atoms with Gasteiger partial charge in [-0.05, 0) is 67.7 Å². The third kappa shape index (κ3) is 4.99. The summed E-state index contributed by atoms with van der Waals surface area (Å²) in [5, 5.41) is 5.08. The molecule has 1 aromatic carbocycles. The van der Waals surface area contributed by atoms with Crippen molar-refractivity contribution in [2.75, 3.05) is 26.3 Å². The van der Waals surface area contributed by atoms with Crippen molar-refractivity contribution in [3.63, 3.8) is 0 Å². The molecule has 34 heavy (non-hydrogen) atoms. The minimum absolute atomic E-state index is 0.0394. The van der Waals surface area contributed by atoms with Crippen molar-refractivity contribution in [2.45, 2.75) is 38.6 Å². The number of ketones is 1. The molecule has 1 saturated heterocycles. The third-order valence-electron chi connectivity index (χ3n) is 6.85. The largest absolute Gasteiger partial charge is 0.379 e. The SMILES string of the molecule is Cc1c(C(=O)Cc2ccc(C3=CCC(N4CCOCC4)CC3)nc2)cnn1-c1ccc(Cl)cc1. The Balaban J connectivity index is 1.22. The van der Waals surface area contributed by atoms with E-state index in [1.807, 2.05) is 49.5 Å². The van der Waals surface area contributed by atoms with Crippen LogP contribution in [0.1, 0.15) is 46.6 Å². The van der Waals surface area contributed by atoms with Crippen molar-refractivity contribution in [1.82, 2.24) is 19.7 Å². The molecule has 1 aliphatic heterocycles. The van der Waals surface area contributed by atoms with Crippen LogP contribution in [0, 0.1) is 6.92 Å². The summed E-state index contributed by atoms with van der Waals surface area (Å²) in [4.78, 5) is 20.2. The highest BCUT2D eigenvalue weighted by molar-refractivity contribution is 6.30. The molecular weight excluding hydrogens is 448 g/mol. The molecule has 3 aromatic rings. The van der Waals surface area contributed by atoms with E-state index in [0.29, 0.717) is 23.0 Å². The van der Waals surface area contributed by atoms with Gasteiger partial charge in [-0.3, -0.25) is 14.7 Å². The van der Waals surface area contributed by atoms with Crippen LogP contribution in [0.15, 0.2) is 54.9 Å². The number of aromatic nitrogens is 3. The molecule has 0 amide bonds. The van der Waals surface area contributed by atoms with Crippen LogP contribution < -0.4 is 0 Å². The molecule has 1 atom stereocenters. The van der Waals surface area contributed by atoms with Crippen molar-refractivity contribution < 1.29 is 9.53 Å². The molecule has 1 fully saturated rings. The number of carbonyl (C=O) groups is 1. The van der Waals surface area contributed by atoms with E-state index < -0.39 is 0 Å². The number of benzene rings is 1. The number of allylic oxidation sites excluding steroid dienone is 1. The monoisotopic (exact) mass is 476 g/mol. The van der Waals surface area contributed by atoms with Crippen molar-refractivity contribution in [3.8, 4) is 5.69 Å². The second-order valence-electron chi connectivity index (χ2n) is 8.99. The zero-order valence-corrected chi connectivity index (χ0v) is 20.2. The van der Waals surface area contributed by atoms with Crippen molar-refractivity contribution in [3.05, 3.63) is 82.4 Å². The van der Waals surface area contributed by atoms with Crippen LogP contribution in [0.4, 0.5) is 0 Å². The van der Waals surface area contributed by atoms with Crippen LogP contribution in [0.25, 0.3) is 11.3 Å². The lowest BCUT2D eigenvalue weighted by Crippen LogP contribution is -2.43. The number of hydrogen-bond donors (Lipinski definition) is 0. The lowest BCUT2D eigenvalue weighted by atomic mass is 9.91. The average molecular weight is 477 g/mol. The molecule has 0 N–H and O–H groups in total. The van der Waals surface area contributed by atoms with Crippen LogP contribution in [-0.4, -0.2) is 57.8 Å². The Labute approximate surface area is 205 Å². The Morgan fingerprint density at radius 1 is 1.12 bits per heavy atom. The molecule has 0 bridgehead atoms. The van der Waals surface area contributed by atoms with Gasteiger partial charge in [0.15, 0.2) is 5.78 Å². The van der Waals surface area contributed by atoms with Crippen molar-refractivity contribution in [2.24, 2.45) is 0 Å². The zero-order chi connectivity index (χ0) is 23.5. The van der Waals surface area contributed by atoms with Gasteiger partial charge in [-0.15, -0.1) is 0 Å². The van der Waals surface area contributed by atoms with Gasteiger partial charge in [0.25, 0.3) is 0 Å². The molecule has 1 aliphatic carbocycles. The molecule has 7 heteroatoms. The molecule has 2 aromatic heterocycles. The minimum Gasteiger partial charge on any atom is -0.379 e. The van der Waals surface area contributed by atoms with Gasteiger partial charge in [-0.2, -0.15) is 5.10 Å². The highest BCUT2D eigenvalue weighted by Crippen LogP contribution is 2.29. The number of ether oxygens (including phenoxy) is 1. The fraction of sp³-hybridized carbons (Fsp3) is 0.370. The van der Waals surface area contributed by atoms with Gasteiger partial charge in [0.1, 0.15) is 0 Å². The van der Waals surface area contributed by atoms with Gasteiger partial charge < -0.3 is 4.74 Å². The molecular formula is C27H29ClN4O2. The normalized spacial score (nSPS) is 19.1. The predicted octanol–water partition coefficient (Wildman–Crippen LogP) is 4.92. The van der Waals surface area contributed by atoms with E-state index in [1.54, 1.807) is 10.9 Å². The lowest BCUT2D eigenvalue weighted by Gasteiger charge is -2.36. The number of morpholine rings is 1. The summed E-state index contributed by atoms with van der Waals surface area (Å²) in [7, 11) is 0. The van der Waals surface area contributed by atoms with Gasteiger partial charge in [0, 0.05) is 36.8 Å². The highest BCUT2D eigenvalue weighted by Gasteiger charge is 2.24. The maximum Gasteiger partial charge on any atom is 0.170 e. The summed E-state index contributed by atoms with van der Waals surface area (Å²) in [6.07, 6.45) is 9.38. The van der Waals surface area contributed by atoms with Gasteiger partial charge >= 0.3 is 0 Å². The Hall–Kier alpha value is -2.80. The van der Waals surface area contributed by atoms with Gasteiger partial charge in [0.2, 0.25) is 0 Å². The first-order valence-electron chi connectivity index (χ1n) is 11.9. The summed E-state index contributed by atoms with van der Waals surface area (Å²) in [6.45, 7) is 5.67. The molecule has 0 radical (unpaired) electrons. The molecule has 176 valence electrons. The standard InChI is InChI=1S/C27H29ClN4O2/c1-19-25(18-30-32(19)24-9-5-22(28)6-10-24)27(33)16-20-2-11-26(29-17-20)21-3-7-23(8-4-21)31-12-14-34-15-13-31/h2-3,5-6,9-11,17-18,23H,4,7-8,12-16H2,1H3. The van der Waals surface area contributed by atoms with E-state index in [-0.39, 0.29) is 5.78 Å². The molecule has 2 aliphatic rings. The number of pyridine rings is 1. The molecule has 0 saturated carbocycles. The highest BCUT2D eigenvalue weighted by atomic mass is 35.5. The number of Topliss-reactive ketones (excluding diaryl/α,β-unsaturated/α-hetero) is 1. The van der Waals surface area contributed by atoms with E-state index in [9.17, 15) is 4.79 Å². The van der Waals surface area contributed by atoms with Crippen LogP contribution >= 0.6 is 11.6 Å². The quantitative estimate of drug-likeness (QED) is 0.472. The van der Waals surface area contributed by atoms with E-state index in [0.717, 1.165) is 68.2 Å².